The maximum atomic E-state index is 6.33. The predicted molar refractivity (Wildman–Crippen MR) is 88.3 cm³/mol. The molecule has 0 fully saturated rings. The average molecular weight is 299 g/mol. The summed E-state index contributed by atoms with van der Waals surface area (Å²) in [6, 6.07) is 15.7. The van der Waals surface area contributed by atoms with Gasteiger partial charge in [-0.05, 0) is 18.2 Å². The van der Waals surface area contributed by atoms with Gasteiger partial charge in [0.2, 0.25) is 0 Å². The predicted octanol–water partition coefficient (Wildman–Crippen LogP) is 4.61. The number of pyridine rings is 1. The number of aromatic nitrogens is 1. The number of nitrogens with one attached hydrogen (secondary N) is 1. The fraction of sp³-hybridized carbons (Fsp3) is 0.118. The van der Waals surface area contributed by atoms with Crippen LogP contribution in [0.25, 0.3) is 22.2 Å². The van der Waals surface area contributed by atoms with Crippen LogP contribution in [0.4, 0.5) is 5.69 Å². The van der Waals surface area contributed by atoms with E-state index in [4.69, 9.17) is 21.3 Å². The maximum Gasteiger partial charge on any atom is 0.145 e. The van der Waals surface area contributed by atoms with Crippen LogP contribution in [0, 0.1) is 0 Å². The molecule has 3 aromatic rings. The first-order valence-corrected chi connectivity index (χ1v) is 7.03. The van der Waals surface area contributed by atoms with Gasteiger partial charge in [0.05, 0.1) is 17.8 Å². The standard InChI is InChI=1S/C17H15ClN2O/c1-19-14-10-13(11-6-4-3-5-7-11)20-17-15(21-2)9-8-12(18)16(14)17/h3-10H,1-2H3,(H,19,20). The van der Waals surface area contributed by atoms with Gasteiger partial charge in [-0.3, -0.25) is 0 Å². The molecule has 0 aliphatic rings. The fourth-order valence-corrected chi connectivity index (χ4v) is 2.65. The number of fused-ring (bicyclic) bond motifs is 1. The molecule has 0 saturated heterocycles. The molecule has 3 rings (SSSR count). The minimum absolute atomic E-state index is 0.655. The topological polar surface area (TPSA) is 34.2 Å². The van der Waals surface area contributed by atoms with Gasteiger partial charge in [-0.15, -0.1) is 0 Å². The van der Waals surface area contributed by atoms with E-state index in [2.05, 4.69) is 5.32 Å². The van der Waals surface area contributed by atoms with Crippen molar-refractivity contribution in [3.8, 4) is 17.0 Å². The summed E-state index contributed by atoms with van der Waals surface area (Å²) in [4.78, 5) is 4.74. The summed E-state index contributed by atoms with van der Waals surface area (Å²) in [6.45, 7) is 0. The summed E-state index contributed by atoms with van der Waals surface area (Å²) < 4.78 is 5.42. The molecule has 0 bridgehead atoms. The number of hydrogen-bond donors (Lipinski definition) is 1. The van der Waals surface area contributed by atoms with Crippen molar-refractivity contribution in [3.05, 3.63) is 53.6 Å². The van der Waals surface area contributed by atoms with Gasteiger partial charge < -0.3 is 10.1 Å². The summed E-state index contributed by atoms with van der Waals surface area (Å²) in [6.07, 6.45) is 0. The van der Waals surface area contributed by atoms with Crippen LogP contribution in [0.2, 0.25) is 5.02 Å². The van der Waals surface area contributed by atoms with E-state index < -0.39 is 0 Å². The molecule has 1 N–H and O–H groups in total. The van der Waals surface area contributed by atoms with Gasteiger partial charge in [-0.1, -0.05) is 41.9 Å². The SMILES string of the molecule is CNc1cc(-c2ccccc2)nc2c(OC)ccc(Cl)c12. The van der Waals surface area contributed by atoms with Crippen LogP contribution in [0.15, 0.2) is 48.5 Å². The summed E-state index contributed by atoms with van der Waals surface area (Å²) in [7, 11) is 3.51. The Morgan fingerprint density at radius 3 is 2.52 bits per heavy atom. The first-order valence-electron chi connectivity index (χ1n) is 6.65. The monoisotopic (exact) mass is 298 g/mol. The lowest BCUT2D eigenvalue weighted by atomic mass is 10.1. The second-order valence-electron chi connectivity index (χ2n) is 4.64. The van der Waals surface area contributed by atoms with Crippen molar-refractivity contribution in [1.82, 2.24) is 4.98 Å². The number of hydrogen-bond acceptors (Lipinski definition) is 3. The molecular formula is C17H15ClN2O. The van der Waals surface area contributed by atoms with Gasteiger partial charge in [0.15, 0.2) is 0 Å². The molecule has 2 aromatic carbocycles. The number of methoxy groups -OCH3 is 1. The van der Waals surface area contributed by atoms with Gasteiger partial charge in [0.25, 0.3) is 0 Å². The second kappa shape index (κ2) is 5.62. The molecule has 1 aromatic heterocycles. The fourth-order valence-electron chi connectivity index (χ4n) is 2.39. The summed E-state index contributed by atoms with van der Waals surface area (Å²) in [5.41, 5.74) is 3.63. The number of rotatable bonds is 3. The van der Waals surface area contributed by atoms with E-state index in [1.807, 2.05) is 55.6 Å². The number of nitrogens with zero attached hydrogens (tertiary/aromatic N) is 1. The minimum atomic E-state index is 0.655. The molecule has 4 heteroatoms. The Hall–Kier alpha value is -2.26. The van der Waals surface area contributed by atoms with Crippen LogP contribution in [0.3, 0.4) is 0 Å². The van der Waals surface area contributed by atoms with E-state index in [0.29, 0.717) is 10.8 Å². The highest BCUT2D eigenvalue weighted by Gasteiger charge is 2.13. The van der Waals surface area contributed by atoms with Crippen molar-refractivity contribution in [2.75, 3.05) is 19.5 Å². The molecule has 0 radical (unpaired) electrons. The minimum Gasteiger partial charge on any atom is -0.494 e. The van der Waals surface area contributed by atoms with Gasteiger partial charge in [-0.25, -0.2) is 4.98 Å². The van der Waals surface area contributed by atoms with E-state index in [-0.39, 0.29) is 0 Å². The first kappa shape index (κ1) is 13.7. The molecular weight excluding hydrogens is 284 g/mol. The van der Waals surface area contributed by atoms with Crippen LogP contribution >= 0.6 is 11.6 Å². The van der Waals surface area contributed by atoms with Crippen LogP contribution in [0.1, 0.15) is 0 Å². The molecule has 0 unspecified atom stereocenters. The Morgan fingerprint density at radius 1 is 1.10 bits per heavy atom. The number of benzene rings is 2. The third kappa shape index (κ3) is 2.41. The molecule has 0 spiro atoms. The molecule has 0 amide bonds. The van der Waals surface area contributed by atoms with E-state index in [1.54, 1.807) is 7.11 Å². The van der Waals surface area contributed by atoms with Crippen LogP contribution in [-0.2, 0) is 0 Å². The van der Waals surface area contributed by atoms with Gasteiger partial charge in [0.1, 0.15) is 11.3 Å². The number of ether oxygens (including phenoxy) is 1. The Morgan fingerprint density at radius 2 is 1.86 bits per heavy atom. The molecule has 0 saturated carbocycles. The quantitative estimate of drug-likeness (QED) is 0.767. The van der Waals surface area contributed by atoms with Crippen molar-refractivity contribution >= 4 is 28.2 Å². The normalized spacial score (nSPS) is 10.6. The van der Waals surface area contributed by atoms with Crippen molar-refractivity contribution in [2.45, 2.75) is 0 Å². The largest absolute Gasteiger partial charge is 0.494 e. The third-order valence-corrected chi connectivity index (χ3v) is 3.75. The molecule has 0 aliphatic carbocycles. The Bertz CT molecular complexity index is 788. The Balaban J connectivity index is 2.35. The van der Waals surface area contributed by atoms with Crippen molar-refractivity contribution < 1.29 is 4.74 Å². The summed E-state index contributed by atoms with van der Waals surface area (Å²) in [5.74, 6) is 0.712. The highest BCUT2D eigenvalue weighted by molar-refractivity contribution is 6.36. The third-order valence-electron chi connectivity index (χ3n) is 3.43. The van der Waals surface area contributed by atoms with Gasteiger partial charge in [0, 0.05) is 23.7 Å². The molecule has 3 nitrogen and oxygen atoms in total. The highest BCUT2D eigenvalue weighted by atomic mass is 35.5. The molecule has 21 heavy (non-hydrogen) atoms. The average Bonchev–Trinajstić information content (AvgIpc) is 2.55. The molecule has 0 atom stereocenters. The molecule has 0 aliphatic heterocycles. The Labute approximate surface area is 128 Å². The highest BCUT2D eigenvalue weighted by Crippen LogP contribution is 2.37. The zero-order chi connectivity index (χ0) is 14.8. The van der Waals surface area contributed by atoms with Crippen LogP contribution in [-0.4, -0.2) is 19.1 Å². The summed E-state index contributed by atoms with van der Waals surface area (Å²) in [5, 5.41) is 4.72. The van der Waals surface area contributed by atoms with Crippen molar-refractivity contribution in [1.29, 1.82) is 0 Å². The van der Waals surface area contributed by atoms with Gasteiger partial charge in [-0.2, -0.15) is 0 Å². The summed E-state index contributed by atoms with van der Waals surface area (Å²) >= 11 is 6.33. The maximum absolute atomic E-state index is 6.33. The number of anilines is 1. The number of halogens is 1. The van der Waals surface area contributed by atoms with E-state index in [1.165, 1.54) is 0 Å². The van der Waals surface area contributed by atoms with Crippen molar-refractivity contribution in [2.24, 2.45) is 0 Å². The van der Waals surface area contributed by atoms with E-state index in [9.17, 15) is 0 Å². The lowest BCUT2D eigenvalue weighted by Gasteiger charge is -2.13. The van der Waals surface area contributed by atoms with Crippen LogP contribution < -0.4 is 10.1 Å². The lowest BCUT2D eigenvalue weighted by Crippen LogP contribution is -1.96. The first-order chi connectivity index (χ1) is 10.2. The zero-order valence-corrected chi connectivity index (χ0v) is 12.6. The Kier molecular flexibility index (Phi) is 3.67. The van der Waals surface area contributed by atoms with Gasteiger partial charge >= 0.3 is 0 Å². The molecule has 1 heterocycles. The molecule has 106 valence electrons. The second-order valence-corrected chi connectivity index (χ2v) is 5.05. The zero-order valence-electron chi connectivity index (χ0n) is 11.9. The van der Waals surface area contributed by atoms with Crippen molar-refractivity contribution in [3.63, 3.8) is 0 Å². The van der Waals surface area contributed by atoms with Crippen LogP contribution in [0.5, 0.6) is 5.75 Å². The lowest BCUT2D eigenvalue weighted by molar-refractivity contribution is 0.419. The van der Waals surface area contributed by atoms with E-state index in [0.717, 1.165) is 27.8 Å². The smallest absolute Gasteiger partial charge is 0.145 e. The van der Waals surface area contributed by atoms with E-state index >= 15 is 0 Å².